The predicted octanol–water partition coefficient (Wildman–Crippen LogP) is 0.432. The molecule has 2 aliphatic heterocycles. The lowest BCUT2D eigenvalue weighted by Gasteiger charge is -2.49. The third-order valence-corrected chi connectivity index (χ3v) is 10.2. The van der Waals surface area contributed by atoms with Gasteiger partial charge in [-0.3, -0.25) is 4.79 Å². The number of nitrogens with one attached hydrogen (secondary N) is 1. The molecule has 15 atom stereocenters. The molecule has 0 spiro atoms. The van der Waals surface area contributed by atoms with Crippen molar-refractivity contribution in [3.63, 3.8) is 0 Å². The van der Waals surface area contributed by atoms with Gasteiger partial charge in [0.15, 0.2) is 18.7 Å². The molecule has 1 amide bonds. The number of aliphatic carboxylic acids is 1. The number of carbonyl (C=O) groups excluding carboxylic acids is 1. The molecule has 0 bridgehead atoms. The Morgan fingerprint density at radius 2 is 1.59 bits per heavy atom. The van der Waals surface area contributed by atoms with Crippen molar-refractivity contribution in [3.05, 3.63) is 0 Å². The van der Waals surface area contributed by atoms with E-state index < -0.39 is 98.1 Å². The van der Waals surface area contributed by atoms with Crippen LogP contribution in [-0.4, -0.2) is 129 Å². The number of carboxylic acids is 1. The molecule has 46 heavy (non-hydrogen) atoms. The molecule has 4 fully saturated rings. The molecule has 266 valence electrons. The molecule has 7 N–H and O–H groups in total. The minimum absolute atomic E-state index is 0.0650. The summed E-state index contributed by atoms with van der Waals surface area (Å²) in [7, 11) is 0. The van der Waals surface area contributed by atoms with Gasteiger partial charge in [0.05, 0.1) is 24.9 Å². The van der Waals surface area contributed by atoms with E-state index in [4.69, 9.17) is 23.7 Å². The Hall–Kier alpha value is -1.46. The molecule has 4 rings (SSSR count). The van der Waals surface area contributed by atoms with Crippen LogP contribution in [0.2, 0.25) is 0 Å². The van der Waals surface area contributed by atoms with Crippen LogP contribution in [0.5, 0.6) is 0 Å². The maximum absolute atomic E-state index is 12.5. The lowest BCUT2D eigenvalue weighted by atomic mass is 9.77. The molecule has 2 saturated heterocycles. The van der Waals surface area contributed by atoms with Crippen LogP contribution in [0.1, 0.15) is 85.5 Å². The van der Waals surface area contributed by atoms with Crippen LogP contribution in [0.15, 0.2) is 0 Å². The van der Waals surface area contributed by atoms with Crippen molar-refractivity contribution >= 4 is 11.9 Å². The van der Waals surface area contributed by atoms with Gasteiger partial charge in [0.2, 0.25) is 5.91 Å². The fourth-order valence-corrected chi connectivity index (χ4v) is 7.63. The third kappa shape index (κ3) is 8.95. The molecule has 0 radical (unpaired) electrons. The number of carboxylic acid groups (broad SMARTS) is 1. The van der Waals surface area contributed by atoms with E-state index in [-0.39, 0.29) is 24.2 Å². The van der Waals surface area contributed by atoms with Crippen LogP contribution < -0.4 is 5.32 Å². The van der Waals surface area contributed by atoms with Crippen molar-refractivity contribution in [2.45, 2.75) is 165 Å². The average molecular weight is 662 g/mol. The number of aliphatic hydroxyl groups excluding tert-OH is 5. The van der Waals surface area contributed by atoms with Crippen LogP contribution in [0.3, 0.4) is 0 Å². The zero-order valence-corrected chi connectivity index (χ0v) is 27.3. The predicted molar refractivity (Wildman–Crippen MR) is 161 cm³/mol. The van der Waals surface area contributed by atoms with Gasteiger partial charge >= 0.3 is 5.97 Å². The molecule has 0 aromatic heterocycles. The highest BCUT2D eigenvalue weighted by Gasteiger charge is 2.52. The summed E-state index contributed by atoms with van der Waals surface area (Å²) in [5, 5.41) is 65.5. The maximum atomic E-state index is 12.5. The minimum Gasteiger partial charge on any atom is -0.479 e. The summed E-state index contributed by atoms with van der Waals surface area (Å²) >= 11 is 0. The third-order valence-electron chi connectivity index (χ3n) is 10.2. The van der Waals surface area contributed by atoms with Crippen LogP contribution in [0.4, 0.5) is 0 Å². The Bertz CT molecular complexity index is 982. The van der Waals surface area contributed by atoms with Crippen LogP contribution in [0.25, 0.3) is 0 Å². The largest absolute Gasteiger partial charge is 0.479 e. The summed E-state index contributed by atoms with van der Waals surface area (Å²) in [6.45, 7) is 6.28. The van der Waals surface area contributed by atoms with Gasteiger partial charge in [-0.05, 0) is 43.9 Å². The molecule has 14 nitrogen and oxygen atoms in total. The fraction of sp³-hybridized carbons (Fsp3) is 0.938. The molecule has 2 saturated carbocycles. The molecule has 2 heterocycles. The average Bonchev–Trinajstić information content (AvgIpc) is 3.02. The van der Waals surface area contributed by atoms with Gasteiger partial charge in [-0.25, -0.2) is 4.79 Å². The first-order valence-corrected chi connectivity index (χ1v) is 16.9. The van der Waals surface area contributed by atoms with Crippen molar-refractivity contribution in [2.24, 2.45) is 17.8 Å². The van der Waals surface area contributed by atoms with Crippen LogP contribution in [-0.2, 0) is 33.3 Å². The highest BCUT2D eigenvalue weighted by molar-refractivity contribution is 5.73. The molecular weight excluding hydrogens is 606 g/mol. The number of hydrogen-bond donors (Lipinski definition) is 7. The zero-order chi connectivity index (χ0) is 33.7. The summed E-state index contributed by atoms with van der Waals surface area (Å²) in [6, 6.07) is -1.14. The summed E-state index contributed by atoms with van der Waals surface area (Å²) in [5.74, 6) is -1.40. The summed E-state index contributed by atoms with van der Waals surface area (Å²) < 4.78 is 30.8. The van der Waals surface area contributed by atoms with E-state index in [1.165, 1.54) is 6.92 Å². The molecule has 0 aromatic carbocycles. The number of aliphatic hydroxyl groups is 5. The lowest BCUT2D eigenvalue weighted by molar-refractivity contribution is -0.339. The number of hydrogen-bond acceptors (Lipinski definition) is 12. The van der Waals surface area contributed by atoms with E-state index >= 15 is 0 Å². The molecular formula is C32H55NO13. The number of amides is 1. The van der Waals surface area contributed by atoms with Crippen molar-refractivity contribution < 1.29 is 63.9 Å². The van der Waals surface area contributed by atoms with Gasteiger partial charge in [0.25, 0.3) is 0 Å². The lowest BCUT2D eigenvalue weighted by Crippen LogP contribution is -2.67. The van der Waals surface area contributed by atoms with Crippen LogP contribution >= 0.6 is 0 Å². The topological polar surface area (TPSA) is 214 Å². The van der Waals surface area contributed by atoms with E-state index in [9.17, 15) is 40.2 Å². The Morgan fingerprint density at radius 3 is 2.20 bits per heavy atom. The van der Waals surface area contributed by atoms with Gasteiger partial charge in [-0.15, -0.1) is 0 Å². The Morgan fingerprint density at radius 1 is 0.891 bits per heavy atom. The van der Waals surface area contributed by atoms with Gasteiger partial charge in [0, 0.05) is 6.92 Å². The van der Waals surface area contributed by atoms with Crippen molar-refractivity contribution in [2.75, 3.05) is 6.61 Å². The Kier molecular flexibility index (Phi) is 13.6. The van der Waals surface area contributed by atoms with E-state index in [0.29, 0.717) is 12.8 Å². The minimum atomic E-state index is -1.52. The second kappa shape index (κ2) is 16.8. The molecule has 14 heteroatoms. The summed E-state index contributed by atoms with van der Waals surface area (Å²) in [4.78, 5) is 24.8. The SMILES string of the molecule is CCC1CC(C)C[C@@H](O[C@@H]2O[C@@H](CO)[C@H](O)C(O[C@@H](CC3CCCCC3)C(=O)O)C2NC(C)=O)[C@H]1O[C@@H]1OC(C)[C@@H](O)[C@H](O)C1O. The Balaban J connectivity index is 1.60. The van der Waals surface area contributed by atoms with E-state index in [1.807, 2.05) is 6.92 Å². The monoisotopic (exact) mass is 661 g/mol. The van der Waals surface area contributed by atoms with Crippen LogP contribution in [0, 0.1) is 17.8 Å². The van der Waals surface area contributed by atoms with Gasteiger partial charge in [-0.2, -0.15) is 0 Å². The zero-order valence-electron chi connectivity index (χ0n) is 27.3. The second-order valence-corrected chi connectivity index (χ2v) is 13.8. The number of rotatable bonds is 12. The van der Waals surface area contributed by atoms with Gasteiger partial charge in [-0.1, -0.05) is 52.4 Å². The standard InChI is InChI=1S/C32H55NO13/c1-5-19-11-15(2)12-20(28(19)46-32-27(39)26(38)24(36)16(3)42-32)44-31-23(33-17(4)35)29(25(37)22(14-34)45-31)43-21(30(40)41)13-18-9-7-6-8-10-18/h15-16,18-29,31-32,34,36-39H,5-14H2,1-4H3,(H,33,35)(H,40,41)/t15?,16?,19?,20-,21+,22+,23?,24-,25+,26+,27?,28+,29?,31-,32+/m1/s1. The van der Waals surface area contributed by atoms with E-state index in [1.54, 1.807) is 6.92 Å². The van der Waals surface area contributed by atoms with Gasteiger partial charge in [0.1, 0.15) is 42.7 Å². The fourth-order valence-electron chi connectivity index (χ4n) is 7.63. The highest BCUT2D eigenvalue weighted by atomic mass is 16.7. The van der Waals surface area contributed by atoms with Crippen molar-refractivity contribution in [1.29, 1.82) is 0 Å². The molecule has 6 unspecified atom stereocenters. The summed E-state index contributed by atoms with van der Waals surface area (Å²) in [6.07, 6.45) is -7.15. The van der Waals surface area contributed by atoms with E-state index in [2.05, 4.69) is 12.2 Å². The first kappa shape index (κ1) is 37.4. The number of ether oxygens (including phenoxy) is 5. The normalized spacial score (nSPS) is 43.2. The second-order valence-electron chi connectivity index (χ2n) is 13.8. The maximum Gasteiger partial charge on any atom is 0.332 e. The first-order valence-electron chi connectivity index (χ1n) is 16.9. The molecule has 4 aliphatic rings. The highest BCUT2D eigenvalue weighted by Crippen LogP contribution is 2.39. The number of carbonyl (C=O) groups is 2. The van der Waals surface area contributed by atoms with E-state index in [0.717, 1.165) is 38.5 Å². The van der Waals surface area contributed by atoms with Crippen molar-refractivity contribution in [1.82, 2.24) is 5.32 Å². The Labute approximate surface area is 270 Å². The van der Waals surface area contributed by atoms with Crippen molar-refractivity contribution in [3.8, 4) is 0 Å². The smallest absolute Gasteiger partial charge is 0.332 e. The summed E-state index contributed by atoms with van der Waals surface area (Å²) in [5.41, 5.74) is 0. The first-order chi connectivity index (χ1) is 21.8. The molecule has 2 aliphatic carbocycles. The quantitative estimate of drug-likeness (QED) is 0.151. The van der Waals surface area contributed by atoms with Gasteiger partial charge < -0.3 is 59.6 Å². The molecule has 0 aromatic rings.